The van der Waals surface area contributed by atoms with Gasteiger partial charge in [0.1, 0.15) is 37.9 Å². The summed E-state index contributed by atoms with van der Waals surface area (Å²) < 4.78 is 22.1. The lowest BCUT2D eigenvalue weighted by atomic mass is 9.96. The van der Waals surface area contributed by atoms with E-state index in [1.54, 1.807) is 47.8 Å². The minimum Gasteiger partial charge on any atom is -0.490 e. The smallest absolute Gasteiger partial charge is 0.306 e. The summed E-state index contributed by atoms with van der Waals surface area (Å²) >= 11 is 14.8. The molecule has 3 rings (SSSR count). The molecule has 0 atom stereocenters. The highest BCUT2D eigenvalue weighted by molar-refractivity contribution is 8.24. The molecule has 0 unspecified atom stereocenters. The molecule has 3 aromatic carbocycles. The van der Waals surface area contributed by atoms with Crippen LogP contribution in [-0.4, -0.2) is 68.9 Å². The van der Waals surface area contributed by atoms with Crippen molar-refractivity contribution in [2.45, 2.75) is 62.9 Å². The summed E-state index contributed by atoms with van der Waals surface area (Å²) in [5, 5.41) is 17.3. The Kier molecular flexibility index (Phi) is 16.6. The van der Waals surface area contributed by atoms with Crippen LogP contribution in [0, 0.1) is 0 Å². The molecule has 2 N–H and O–H groups in total. The van der Waals surface area contributed by atoms with E-state index in [0.717, 1.165) is 30.6 Å². The predicted molar refractivity (Wildman–Crippen MR) is 211 cm³/mol. The zero-order valence-corrected chi connectivity index (χ0v) is 32.6. The third-order valence-electron chi connectivity index (χ3n) is 7.47. The van der Waals surface area contributed by atoms with Gasteiger partial charge in [0.25, 0.3) is 0 Å². The lowest BCUT2D eigenvalue weighted by molar-refractivity contribution is -0.148. The van der Waals surface area contributed by atoms with Crippen LogP contribution >= 0.6 is 48.0 Å². The topological polar surface area (TPSA) is 146 Å². The SMILES string of the molecule is CC(C)(SC(=S)c1ccc(OCCOC(=O)CCC(=O)O)cc1)c1ccc(C(C)(C)SC(=S)c2ccc(OCCOC(=O)CCC(=O)O)cc2)cc1. The first kappa shape index (κ1) is 42.4. The molecule has 52 heavy (non-hydrogen) atoms. The van der Waals surface area contributed by atoms with Crippen molar-refractivity contribution >= 4 is 80.2 Å². The highest BCUT2D eigenvalue weighted by Gasteiger charge is 2.27. The molecule has 0 radical (unpaired) electrons. The monoisotopic (exact) mass is 786 g/mol. The number of aliphatic carboxylic acids is 2. The molecule has 0 aliphatic heterocycles. The first-order valence-electron chi connectivity index (χ1n) is 16.3. The number of carboxylic acids is 2. The van der Waals surface area contributed by atoms with Gasteiger partial charge in [-0.05, 0) is 98.5 Å². The predicted octanol–water partition coefficient (Wildman–Crippen LogP) is 7.95. The fraction of sp³-hybridized carbons (Fsp3) is 0.368. The molecular formula is C38H42O10S4. The first-order valence-corrected chi connectivity index (χ1v) is 18.8. The maximum absolute atomic E-state index is 11.5. The lowest BCUT2D eigenvalue weighted by Crippen LogP contribution is -2.18. The molecule has 0 fully saturated rings. The largest absolute Gasteiger partial charge is 0.490 e. The summed E-state index contributed by atoms with van der Waals surface area (Å²) in [6.45, 7) is 8.87. The van der Waals surface area contributed by atoms with Gasteiger partial charge in [-0.1, -0.05) is 48.7 Å². The Labute approximate surface area is 322 Å². The Morgan fingerprint density at radius 1 is 0.538 bits per heavy atom. The van der Waals surface area contributed by atoms with Gasteiger partial charge < -0.3 is 29.2 Å². The molecule has 3 aromatic rings. The van der Waals surface area contributed by atoms with Crippen LogP contribution in [0.25, 0.3) is 0 Å². The molecule has 0 spiro atoms. The number of esters is 2. The van der Waals surface area contributed by atoms with Gasteiger partial charge in [0, 0.05) is 9.49 Å². The van der Waals surface area contributed by atoms with Crippen molar-refractivity contribution in [3.8, 4) is 11.5 Å². The summed E-state index contributed by atoms with van der Waals surface area (Å²) in [5.74, 6) is -2.05. The first-order chi connectivity index (χ1) is 24.6. The Hall–Kier alpha value is -3.98. The van der Waals surface area contributed by atoms with Crippen LogP contribution in [0.2, 0.25) is 0 Å². The van der Waals surface area contributed by atoms with Gasteiger partial charge in [0.2, 0.25) is 0 Å². The highest BCUT2D eigenvalue weighted by atomic mass is 32.2. The van der Waals surface area contributed by atoms with Crippen LogP contribution in [0.15, 0.2) is 72.8 Å². The molecule has 0 saturated heterocycles. The Morgan fingerprint density at radius 2 is 0.865 bits per heavy atom. The molecule has 0 aliphatic rings. The number of rotatable bonds is 20. The van der Waals surface area contributed by atoms with Gasteiger partial charge in [-0.15, -0.1) is 23.5 Å². The fourth-order valence-electron chi connectivity index (χ4n) is 4.54. The summed E-state index contributed by atoms with van der Waals surface area (Å²) in [4.78, 5) is 44.2. The number of thiocarbonyl (C=S) groups is 2. The van der Waals surface area contributed by atoms with Crippen molar-refractivity contribution in [1.82, 2.24) is 0 Å². The molecule has 0 heterocycles. The van der Waals surface area contributed by atoms with Crippen molar-refractivity contribution in [2.24, 2.45) is 0 Å². The molecule has 14 heteroatoms. The van der Waals surface area contributed by atoms with E-state index in [1.165, 1.54) is 0 Å². The minimum atomic E-state index is -1.05. The number of ether oxygens (including phenoxy) is 4. The average Bonchev–Trinajstić information content (AvgIpc) is 3.10. The number of carboxylic acid groups (broad SMARTS) is 2. The summed E-state index contributed by atoms with van der Waals surface area (Å²) in [5.41, 5.74) is 4.02. The van der Waals surface area contributed by atoms with Crippen LogP contribution in [0.3, 0.4) is 0 Å². The zero-order valence-electron chi connectivity index (χ0n) is 29.4. The maximum atomic E-state index is 11.5. The van der Waals surface area contributed by atoms with Crippen molar-refractivity contribution in [3.63, 3.8) is 0 Å². The van der Waals surface area contributed by atoms with Crippen LogP contribution in [-0.2, 0) is 38.1 Å². The summed E-state index contributed by atoms with van der Waals surface area (Å²) in [6.07, 6.45) is -0.880. The van der Waals surface area contributed by atoms with Gasteiger partial charge in [0.15, 0.2) is 0 Å². The van der Waals surface area contributed by atoms with E-state index in [2.05, 4.69) is 52.0 Å². The number of carbonyl (C=O) groups excluding carboxylic acids is 2. The molecule has 0 amide bonds. The van der Waals surface area contributed by atoms with E-state index >= 15 is 0 Å². The summed E-state index contributed by atoms with van der Waals surface area (Å²) in [6, 6.07) is 23.3. The van der Waals surface area contributed by atoms with Gasteiger partial charge in [-0.3, -0.25) is 19.2 Å². The number of benzene rings is 3. The molecule has 0 saturated carbocycles. The van der Waals surface area contributed by atoms with Crippen LogP contribution < -0.4 is 9.47 Å². The third-order valence-corrected chi connectivity index (χ3v) is 10.8. The van der Waals surface area contributed by atoms with Crippen LogP contribution in [0.4, 0.5) is 0 Å². The average molecular weight is 787 g/mol. The van der Waals surface area contributed by atoms with Crippen molar-refractivity contribution < 1.29 is 48.3 Å². The molecule has 10 nitrogen and oxygen atoms in total. The van der Waals surface area contributed by atoms with Crippen LogP contribution in [0.1, 0.15) is 75.6 Å². The van der Waals surface area contributed by atoms with Gasteiger partial charge in [-0.25, -0.2) is 0 Å². The third kappa shape index (κ3) is 14.6. The quantitative estimate of drug-likeness (QED) is 0.0649. The normalized spacial score (nSPS) is 11.3. The van der Waals surface area contributed by atoms with Gasteiger partial charge >= 0.3 is 23.9 Å². The van der Waals surface area contributed by atoms with E-state index in [-0.39, 0.29) is 61.6 Å². The Morgan fingerprint density at radius 3 is 1.17 bits per heavy atom. The fourth-order valence-corrected chi connectivity index (χ4v) is 8.00. The van der Waals surface area contributed by atoms with E-state index in [0.29, 0.717) is 11.5 Å². The zero-order chi connectivity index (χ0) is 38.3. The minimum absolute atomic E-state index is 0.0269. The standard InChI is InChI=1S/C38H42O10S4/c1-37(2,51-35(49)25-5-13-29(14-6-25)45-21-23-47-33(43)19-17-31(39)40)27-9-11-28(12-10-27)38(3,4)52-36(50)26-7-15-30(16-8-26)46-22-24-48-34(44)20-18-32(41)42/h5-16H,17-24H2,1-4H3,(H,39,40)(H,41,42). The van der Waals surface area contributed by atoms with Crippen LogP contribution in [0.5, 0.6) is 11.5 Å². The number of hydrogen-bond acceptors (Lipinski definition) is 12. The van der Waals surface area contributed by atoms with Gasteiger partial charge in [-0.2, -0.15) is 0 Å². The van der Waals surface area contributed by atoms with E-state index < -0.39 is 23.9 Å². The maximum Gasteiger partial charge on any atom is 0.306 e. The Bertz CT molecular complexity index is 1580. The van der Waals surface area contributed by atoms with Crippen molar-refractivity contribution in [3.05, 3.63) is 95.1 Å². The lowest BCUT2D eigenvalue weighted by Gasteiger charge is -2.28. The number of hydrogen-bond donors (Lipinski definition) is 2. The van der Waals surface area contributed by atoms with E-state index in [1.807, 2.05) is 24.3 Å². The molecular weight excluding hydrogens is 745 g/mol. The second kappa shape index (κ2) is 20.3. The van der Waals surface area contributed by atoms with E-state index in [4.69, 9.17) is 53.6 Å². The number of thioether (sulfide) groups is 2. The molecule has 0 aliphatic carbocycles. The summed E-state index contributed by atoms with van der Waals surface area (Å²) in [7, 11) is 0. The van der Waals surface area contributed by atoms with Crippen molar-refractivity contribution in [1.29, 1.82) is 0 Å². The Balaban J connectivity index is 1.47. The van der Waals surface area contributed by atoms with E-state index in [9.17, 15) is 19.2 Å². The highest BCUT2D eigenvalue weighted by Crippen LogP contribution is 2.42. The molecule has 278 valence electrons. The second-order valence-electron chi connectivity index (χ2n) is 12.4. The molecule has 0 bridgehead atoms. The van der Waals surface area contributed by atoms with Gasteiger partial charge in [0.05, 0.1) is 34.1 Å². The second-order valence-corrected chi connectivity index (χ2v) is 17.0. The molecule has 0 aromatic heterocycles. The van der Waals surface area contributed by atoms with Crippen molar-refractivity contribution in [2.75, 3.05) is 26.4 Å². The number of carbonyl (C=O) groups is 4.